The average molecular weight is 497 g/mol. The van der Waals surface area contributed by atoms with E-state index in [1.165, 1.54) is 6.42 Å². The van der Waals surface area contributed by atoms with Gasteiger partial charge in [0.2, 0.25) is 5.91 Å². The fourth-order valence-electron chi connectivity index (χ4n) is 4.90. The molecule has 1 aromatic carbocycles. The molecule has 1 amide bonds. The van der Waals surface area contributed by atoms with Gasteiger partial charge in [0.05, 0.1) is 11.8 Å². The predicted molar refractivity (Wildman–Crippen MR) is 141 cm³/mol. The van der Waals surface area contributed by atoms with Gasteiger partial charge in [0, 0.05) is 59.4 Å². The van der Waals surface area contributed by atoms with Crippen LogP contribution in [0.1, 0.15) is 37.7 Å². The third-order valence-electron chi connectivity index (χ3n) is 6.94. The fourth-order valence-corrected chi connectivity index (χ4v) is 4.90. The van der Waals surface area contributed by atoms with Crippen molar-refractivity contribution in [3.63, 3.8) is 0 Å². The maximum Gasteiger partial charge on any atom is 0.320 e. The Morgan fingerprint density at radius 2 is 1.97 bits per heavy atom. The van der Waals surface area contributed by atoms with Gasteiger partial charge in [-0.05, 0) is 49.6 Å². The van der Waals surface area contributed by atoms with E-state index in [-0.39, 0.29) is 17.8 Å². The quantitative estimate of drug-likeness (QED) is 0.280. The Kier molecular flexibility index (Phi) is 5.91. The summed E-state index contributed by atoms with van der Waals surface area (Å²) in [5.74, 6) is 0.609. The van der Waals surface area contributed by atoms with E-state index in [9.17, 15) is 4.79 Å². The zero-order valence-electron chi connectivity index (χ0n) is 20.8. The molecule has 37 heavy (non-hydrogen) atoms. The minimum Gasteiger partial charge on any atom is -0.403 e. The van der Waals surface area contributed by atoms with Crippen LogP contribution in [-0.2, 0) is 11.8 Å². The highest BCUT2D eigenvalue weighted by Crippen LogP contribution is 2.32. The topological polar surface area (TPSA) is 127 Å². The van der Waals surface area contributed by atoms with Crippen LogP contribution in [0, 0.1) is 12.8 Å². The maximum atomic E-state index is 12.6. The number of nitrogens with zero attached hydrogens (tertiary/aromatic N) is 5. The van der Waals surface area contributed by atoms with Crippen molar-refractivity contribution in [3.8, 4) is 22.6 Å². The smallest absolute Gasteiger partial charge is 0.320 e. The van der Waals surface area contributed by atoms with Crippen LogP contribution in [0.4, 0.5) is 17.4 Å². The number of H-pyrrole nitrogens is 1. The molecule has 0 spiro atoms. The number of anilines is 3. The van der Waals surface area contributed by atoms with Gasteiger partial charge in [0.15, 0.2) is 0 Å². The SMILES string of the molecule is Cc1cc(NC(=O)C2CCCCC2)ccc1Nc1nnc(-c2c[nH]c3ncc(-c4cnn(C)c4)cc23)o1. The highest BCUT2D eigenvalue weighted by Gasteiger charge is 2.21. The van der Waals surface area contributed by atoms with Gasteiger partial charge in [-0.2, -0.15) is 5.10 Å². The fraction of sp³-hybridized carbons (Fsp3) is 0.296. The van der Waals surface area contributed by atoms with Crippen molar-refractivity contribution in [2.45, 2.75) is 39.0 Å². The number of aryl methyl sites for hydroxylation is 2. The first-order valence-electron chi connectivity index (χ1n) is 12.5. The van der Waals surface area contributed by atoms with Gasteiger partial charge in [-0.15, -0.1) is 5.10 Å². The van der Waals surface area contributed by atoms with Gasteiger partial charge in [-0.1, -0.05) is 24.4 Å². The van der Waals surface area contributed by atoms with Gasteiger partial charge in [-0.3, -0.25) is 9.48 Å². The predicted octanol–water partition coefficient (Wildman–Crippen LogP) is 5.58. The van der Waals surface area contributed by atoms with Crippen LogP contribution in [0.25, 0.3) is 33.6 Å². The zero-order valence-corrected chi connectivity index (χ0v) is 20.8. The molecule has 1 fully saturated rings. The summed E-state index contributed by atoms with van der Waals surface area (Å²) in [7, 11) is 1.88. The van der Waals surface area contributed by atoms with Crippen LogP contribution in [0.2, 0.25) is 0 Å². The number of amides is 1. The number of nitrogens with one attached hydrogen (secondary N) is 3. The molecule has 4 heterocycles. The summed E-state index contributed by atoms with van der Waals surface area (Å²) < 4.78 is 7.71. The van der Waals surface area contributed by atoms with Crippen molar-refractivity contribution in [1.29, 1.82) is 0 Å². The standard InChI is InChI=1S/C27H28N8O2/c1-16-10-20(31-25(36)17-6-4-3-5-7-17)8-9-23(16)32-27-34-33-26(37-27)22-14-29-24-21(22)11-18(12-28-24)19-13-30-35(2)15-19/h8-15,17H,3-7H2,1-2H3,(H,28,29)(H,31,36)(H,32,34). The van der Waals surface area contributed by atoms with E-state index in [1.54, 1.807) is 10.9 Å². The van der Waals surface area contributed by atoms with E-state index in [1.807, 2.05) is 56.8 Å². The number of hydrogen-bond donors (Lipinski definition) is 3. The first kappa shape index (κ1) is 23.0. The first-order chi connectivity index (χ1) is 18.0. The Morgan fingerprint density at radius 3 is 2.76 bits per heavy atom. The number of benzene rings is 1. The molecule has 5 aromatic rings. The number of hydrogen-bond acceptors (Lipinski definition) is 7. The van der Waals surface area contributed by atoms with Crippen LogP contribution in [0.5, 0.6) is 0 Å². The summed E-state index contributed by atoms with van der Waals surface area (Å²) in [6.07, 6.45) is 12.8. The van der Waals surface area contributed by atoms with E-state index in [4.69, 9.17) is 4.42 Å². The molecular formula is C27H28N8O2. The number of carbonyl (C=O) groups is 1. The molecule has 10 nitrogen and oxygen atoms in total. The van der Waals surface area contributed by atoms with Gasteiger partial charge < -0.3 is 20.0 Å². The third-order valence-corrected chi connectivity index (χ3v) is 6.94. The maximum absolute atomic E-state index is 12.6. The van der Waals surface area contributed by atoms with Crippen molar-refractivity contribution in [2.24, 2.45) is 13.0 Å². The summed E-state index contributed by atoms with van der Waals surface area (Å²) >= 11 is 0. The lowest BCUT2D eigenvalue weighted by Crippen LogP contribution is -2.24. The molecule has 10 heteroatoms. The minimum atomic E-state index is 0.112. The second kappa shape index (κ2) is 9.53. The number of pyridine rings is 1. The van der Waals surface area contributed by atoms with Gasteiger partial charge in [0.25, 0.3) is 5.89 Å². The van der Waals surface area contributed by atoms with Gasteiger partial charge in [-0.25, -0.2) is 4.98 Å². The van der Waals surface area contributed by atoms with Crippen molar-refractivity contribution in [2.75, 3.05) is 10.6 Å². The van der Waals surface area contributed by atoms with Crippen LogP contribution in [0.3, 0.4) is 0 Å². The van der Waals surface area contributed by atoms with E-state index in [2.05, 4.69) is 35.9 Å². The molecule has 6 rings (SSSR count). The Hall–Kier alpha value is -4.47. The summed E-state index contributed by atoms with van der Waals surface area (Å²) in [6, 6.07) is 8.06. The average Bonchev–Trinajstić information content (AvgIpc) is 3.65. The zero-order chi connectivity index (χ0) is 25.4. The number of rotatable bonds is 6. The highest BCUT2D eigenvalue weighted by molar-refractivity contribution is 5.94. The van der Waals surface area contributed by atoms with Crippen molar-refractivity contribution in [1.82, 2.24) is 29.9 Å². The Morgan fingerprint density at radius 1 is 1.11 bits per heavy atom. The van der Waals surface area contributed by atoms with Crippen LogP contribution in [-0.4, -0.2) is 35.9 Å². The second-order valence-corrected chi connectivity index (χ2v) is 9.62. The third kappa shape index (κ3) is 4.69. The van der Waals surface area contributed by atoms with Crippen LogP contribution < -0.4 is 10.6 Å². The summed E-state index contributed by atoms with van der Waals surface area (Å²) in [6.45, 7) is 1.97. The molecule has 1 saturated carbocycles. The van der Waals surface area contributed by atoms with Crippen LogP contribution in [0.15, 0.2) is 53.5 Å². The van der Waals surface area contributed by atoms with E-state index in [0.717, 1.165) is 70.3 Å². The second-order valence-electron chi connectivity index (χ2n) is 9.62. The van der Waals surface area contributed by atoms with Gasteiger partial charge in [0.1, 0.15) is 5.65 Å². The monoisotopic (exact) mass is 496 g/mol. The Labute approximate surface area is 213 Å². The molecule has 0 aliphatic heterocycles. The lowest BCUT2D eigenvalue weighted by atomic mass is 9.88. The lowest BCUT2D eigenvalue weighted by molar-refractivity contribution is -0.120. The molecule has 0 unspecified atom stereocenters. The molecule has 0 atom stereocenters. The highest BCUT2D eigenvalue weighted by atomic mass is 16.4. The van der Waals surface area contributed by atoms with E-state index >= 15 is 0 Å². The molecule has 188 valence electrons. The molecule has 3 N–H and O–H groups in total. The number of aromatic nitrogens is 6. The molecule has 0 saturated heterocycles. The van der Waals surface area contributed by atoms with E-state index < -0.39 is 0 Å². The van der Waals surface area contributed by atoms with Crippen molar-refractivity contribution in [3.05, 3.63) is 54.6 Å². The molecule has 0 bridgehead atoms. The minimum absolute atomic E-state index is 0.112. The largest absolute Gasteiger partial charge is 0.403 e. The Bertz CT molecular complexity index is 1570. The Balaban J connectivity index is 1.19. The van der Waals surface area contributed by atoms with Crippen molar-refractivity contribution >= 4 is 34.3 Å². The molecule has 0 radical (unpaired) electrons. The lowest BCUT2D eigenvalue weighted by Gasteiger charge is -2.21. The number of carbonyl (C=O) groups excluding carboxylic acids is 1. The number of fused-ring (bicyclic) bond motifs is 1. The molecule has 1 aliphatic carbocycles. The molecular weight excluding hydrogens is 468 g/mol. The molecule has 1 aliphatic rings. The van der Waals surface area contributed by atoms with Crippen molar-refractivity contribution < 1.29 is 9.21 Å². The van der Waals surface area contributed by atoms with Gasteiger partial charge >= 0.3 is 6.01 Å². The normalized spacial score (nSPS) is 14.2. The summed E-state index contributed by atoms with van der Waals surface area (Å²) in [5, 5.41) is 19.8. The first-order valence-corrected chi connectivity index (χ1v) is 12.5. The summed E-state index contributed by atoms with van der Waals surface area (Å²) in [5.41, 5.74) is 6.00. The number of aromatic amines is 1. The van der Waals surface area contributed by atoms with E-state index in [0.29, 0.717) is 5.89 Å². The van der Waals surface area contributed by atoms with Crippen LogP contribution >= 0.6 is 0 Å². The molecule has 4 aromatic heterocycles. The summed E-state index contributed by atoms with van der Waals surface area (Å²) in [4.78, 5) is 20.3.